The average Bonchev–Trinajstić information content (AvgIpc) is 3.40. The Hall–Kier alpha value is -2.61. The lowest BCUT2D eigenvalue weighted by Gasteiger charge is -2.31. The molecule has 1 aliphatic heterocycles. The van der Waals surface area contributed by atoms with E-state index in [4.69, 9.17) is 9.15 Å². The van der Waals surface area contributed by atoms with Gasteiger partial charge < -0.3 is 19.4 Å². The Kier molecular flexibility index (Phi) is 6.28. The topological polar surface area (TPSA) is 88.9 Å². The van der Waals surface area contributed by atoms with E-state index in [9.17, 15) is 14.4 Å². The van der Waals surface area contributed by atoms with Gasteiger partial charge in [0.25, 0.3) is 5.91 Å². The van der Waals surface area contributed by atoms with Gasteiger partial charge in [-0.25, -0.2) is 0 Å². The predicted molar refractivity (Wildman–Crippen MR) is 99.2 cm³/mol. The van der Waals surface area contributed by atoms with Gasteiger partial charge in [0.1, 0.15) is 0 Å². The standard InChI is InChI=1S/C19H22N2O5S/c1-25-17(22)12-14(16-5-3-11-27-16)20-18(23)13-6-8-21(9-7-13)19(24)15-4-2-10-26-15/h2-5,10-11,13-14H,6-9,12H2,1H3,(H,20,23). The molecule has 2 aromatic rings. The number of rotatable bonds is 6. The molecular formula is C19H22N2O5S. The summed E-state index contributed by atoms with van der Waals surface area (Å²) in [6, 6.07) is 6.70. The molecule has 3 rings (SSSR count). The maximum absolute atomic E-state index is 12.7. The Labute approximate surface area is 161 Å². The SMILES string of the molecule is COC(=O)CC(NC(=O)C1CCN(C(=O)c2ccco2)CC1)c1cccs1. The molecule has 1 saturated heterocycles. The number of nitrogens with one attached hydrogen (secondary N) is 1. The van der Waals surface area contributed by atoms with Gasteiger partial charge >= 0.3 is 5.97 Å². The number of esters is 1. The molecule has 8 heteroatoms. The predicted octanol–water partition coefficient (Wildman–Crippen LogP) is 2.61. The van der Waals surface area contributed by atoms with Gasteiger partial charge in [0, 0.05) is 23.9 Å². The third kappa shape index (κ3) is 4.77. The summed E-state index contributed by atoms with van der Waals surface area (Å²) in [4.78, 5) is 39.3. The van der Waals surface area contributed by atoms with Crippen LogP contribution < -0.4 is 5.32 Å². The van der Waals surface area contributed by atoms with Gasteiger partial charge in [-0.05, 0) is 36.4 Å². The summed E-state index contributed by atoms with van der Waals surface area (Å²) < 4.78 is 9.89. The molecule has 27 heavy (non-hydrogen) atoms. The van der Waals surface area contributed by atoms with Gasteiger partial charge in [-0.2, -0.15) is 0 Å². The van der Waals surface area contributed by atoms with E-state index in [0.717, 1.165) is 4.88 Å². The van der Waals surface area contributed by atoms with Crippen molar-refractivity contribution in [2.45, 2.75) is 25.3 Å². The Morgan fingerprint density at radius 1 is 1.30 bits per heavy atom. The number of piperidine rings is 1. The minimum absolute atomic E-state index is 0.0950. The number of hydrogen-bond acceptors (Lipinski definition) is 6. The number of amides is 2. The van der Waals surface area contributed by atoms with Crippen molar-refractivity contribution in [2.75, 3.05) is 20.2 Å². The molecule has 0 spiro atoms. The molecule has 7 nitrogen and oxygen atoms in total. The highest BCUT2D eigenvalue weighted by Crippen LogP contribution is 2.25. The molecule has 0 bridgehead atoms. The van der Waals surface area contributed by atoms with E-state index in [0.29, 0.717) is 31.7 Å². The summed E-state index contributed by atoms with van der Waals surface area (Å²) in [5.74, 6) is -0.490. The minimum atomic E-state index is -0.396. The van der Waals surface area contributed by atoms with E-state index in [1.807, 2.05) is 17.5 Å². The van der Waals surface area contributed by atoms with Gasteiger partial charge in [0.05, 0.1) is 25.8 Å². The normalized spacial score (nSPS) is 16.0. The molecule has 2 amide bonds. The number of likely N-dealkylation sites (tertiary alicyclic amines) is 1. The molecule has 0 radical (unpaired) electrons. The summed E-state index contributed by atoms with van der Waals surface area (Å²) >= 11 is 1.49. The number of hydrogen-bond donors (Lipinski definition) is 1. The number of nitrogens with zero attached hydrogens (tertiary/aromatic N) is 1. The Bertz CT molecular complexity index is 764. The first-order valence-corrected chi connectivity index (χ1v) is 9.70. The highest BCUT2D eigenvalue weighted by Gasteiger charge is 2.30. The number of carbonyl (C=O) groups excluding carboxylic acids is 3. The lowest BCUT2D eigenvalue weighted by Crippen LogP contribution is -2.43. The van der Waals surface area contributed by atoms with Crippen LogP contribution in [0, 0.1) is 5.92 Å². The van der Waals surface area contributed by atoms with Crippen LogP contribution in [0.1, 0.15) is 40.7 Å². The van der Waals surface area contributed by atoms with Crippen molar-refractivity contribution >= 4 is 29.1 Å². The highest BCUT2D eigenvalue weighted by atomic mass is 32.1. The van der Waals surface area contributed by atoms with E-state index in [2.05, 4.69) is 5.32 Å². The monoisotopic (exact) mass is 390 g/mol. The first kappa shape index (κ1) is 19.2. The highest BCUT2D eigenvalue weighted by molar-refractivity contribution is 7.10. The number of thiophene rings is 1. The molecule has 1 N–H and O–H groups in total. The van der Waals surface area contributed by atoms with Crippen molar-refractivity contribution in [3.8, 4) is 0 Å². The number of furan rings is 1. The zero-order valence-electron chi connectivity index (χ0n) is 15.1. The average molecular weight is 390 g/mol. The van der Waals surface area contributed by atoms with E-state index in [1.165, 1.54) is 24.7 Å². The van der Waals surface area contributed by atoms with E-state index in [1.54, 1.807) is 17.0 Å². The minimum Gasteiger partial charge on any atom is -0.469 e. The van der Waals surface area contributed by atoms with Gasteiger partial charge in [-0.15, -0.1) is 11.3 Å². The van der Waals surface area contributed by atoms with Gasteiger partial charge in [0.15, 0.2) is 5.76 Å². The molecule has 1 aliphatic rings. The number of methoxy groups -OCH3 is 1. The number of carbonyl (C=O) groups is 3. The second-order valence-electron chi connectivity index (χ2n) is 6.40. The van der Waals surface area contributed by atoms with E-state index in [-0.39, 0.29) is 30.1 Å². The zero-order chi connectivity index (χ0) is 19.2. The van der Waals surface area contributed by atoms with Crippen LogP contribution in [-0.2, 0) is 14.3 Å². The first-order chi connectivity index (χ1) is 13.1. The molecule has 1 atom stereocenters. The Morgan fingerprint density at radius 2 is 2.07 bits per heavy atom. The van der Waals surface area contributed by atoms with Crippen LogP contribution in [-0.4, -0.2) is 42.9 Å². The number of ether oxygens (including phenoxy) is 1. The van der Waals surface area contributed by atoms with Crippen LogP contribution in [0.15, 0.2) is 40.3 Å². The molecule has 144 valence electrons. The second-order valence-corrected chi connectivity index (χ2v) is 7.38. The van der Waals surface area contributed by atoms with Crippen LogP contribution in [0.2, 0.25) is 0 Å². The van der Waals surface area contributed by atoms with Crippen LogP contribution in [0.5, 0.6) is 0 Å². The molecule has 0 aliphatic carbocycles. The molecule has 0 saturated carbocycles. The second kappa shape index (κ2) is 8.85. The fourth-order valence-electron chi connectivity index (χ4n) is 3.15. The molecule has 2 aromatic heterocycles. The largest absolute Gasteiger partial charge is 0.469 e. The molecule has 3 heterocycles. The quantitative estimate of drug-likeness (QED) is 0.766. The van der Waals surface area contributed by atoms with Crippen LogP contribution in [0.3, 0.4) is 0 Å². The Morgan fingerprint density at radius 3 is 2.67 bits per heavy atom. The summed E-state index contributed by atoms with van der Waals surface area (Å²) in [6.45, 7) is 0.997. The van der Waals surface area contributed by atoms with E-state index < -0.39 is 6.04 Å². The van der Waals surface area contributed by atoms with Gasteiger partial charge in [-0.3, -0.25) is 14.4 Å². The van der Waals surface area contributed by atoms with Gasteiger partial charge in [0.2, 0.25) is 5.91 Å². The maximum atomic E-state index is 12.7. The summed E-state index contributed by atoms with van der Waals surface area (Å²) in [5.41, 5.74) is 0. The third-order valence-corrected chi connectivity index (χ3v) is 5.67. The first-order valence-electron chi connectivity index (χ1n) is 8.82. The lowest BCUT2D eigenvalue weighted by molar-refractivity contribution is -0.141. The summed E-state index contributed by atoms with van der Waals surface area (Å²) in [5, 5.41) is 4.88. The van der Waals surface area contributed by atoms with Crippen molar-refractivity contribution in [2.24, 2.45) is 5.92 Å². The molecular weight excluding hydrogens is 368 g/mol. The van der Waals surface area contributed by atoms with Crippen molar-refractivity contribution in [3.05, 3.63) is 46.5 Å². The fourth-order valence-corrected chi connectivity index (χ4v) is 3.93. The molecule has 0 aromatic carbocycles. The maximum Gasteiger partial charge on any atom is 0.307 e. The molecule has 1 fully saturated rings. The third-order valence-electron chi connectivity index (χ3n) is 4.69. The van der Waals surface area contributed by atoms with Crippen LogP contribution in [0.4, 0.5) is 0 Å². The summed E-state index contributed by atoms with van der Waals surface area (Å²) in [6.07, 6.45) is 2.72. The fraction of sp³-hybridized carbons (Fsp3) is 0.421. The lowest BCUT2D eigenvalue weighted by atomic mass is 9.95. The molecule has 1 unspecified atom stereocenters. The van der Waals surface area contributed by atoms with Crippen LogP contribution >= 0.6 is 11.3 Å². The van der Waals surface area contributed by atoms with E-state index >= 15 is 0 Å². The van der Waals surface area contributed by atoms with Crippen molar-refractivity contribution in [1.29, 1.82) is 0 Å². The van der Waals surface area contributed by atoms with Crippen LogP contribution in [0.25, 0.3) is 0 Å². The van der Waals surface area contributed by atoms with Crippen molar-refractivity contribution in [1.82, 2.24) is 10.2 Å². The van der Waals surface area contributed by atoms with Gasteiger partial charge in [-0.1, -0.05) is 6.07 Å². The smallest absolute Gasteiger partial charge is 0.307 e. The van der Waals surface area contributed by atoms with Crippen molar-refractivity contribution in [3.63, 3.8) is 0 Å². The van der Waals surface area contributed by atoms with Crippen molar-refractivity contribution < 1.29 is 23.5 Å². The zero-order valence-corrected chi connectivity index (χ0v) is 15.9. The Balaban J connectivity index is 1.56. The summed E-state index contributed by atoms with van der Waals surface area (Å²) in [7, 11) is 1.33.